The van der Waals surface area contributed by atoms with Crippen LogP contribution in [0.3, 0.4) is 0 Å². The van der Waals surface area contributed by atoms with Gasteiger partial charge in [0.2, 0.25) is 0 Å². The number of methoxy groups -OCH3 is 1. The SMILES string of the molecule is COC1(CN)CS(=O)(=O)C1.Cl. The minimum Gasteiger partial charge on any atom is -0.375 e. The van der Waals surface area contributed by atoms with E-state index in [0.29, 0.717) is 0 Å². The van der Waals surface area contributed by atoms with Gasteiger partial charge < -0.3 is 10.5 Å². The first-order valence-corrected chi connectivity index (χ1v) is 4.81. The van der Waals surface area contributed by atoms with Crippen LogP contribution < -0.4 is 5.73 Å². The number of nitrogens with two attached hydrogens (primary N) is 1. The van der Waals surface area contributed by atoms with Gasteiger partial charge in [-0.05, 0) is 0 Å². The van der Waals surface area contributed by atoms with Gasteiger partial charge in [0.1, 0.15) is 5.60 Å². The summed E-state index contributed by atoms with van der Waals surface area (Å²) in [7, 11) is -1.33. The number of sulfone groups is 1. The quantitative estimate of drug-likeness (QED) is 0.634. The lowest BCUT2D eigenvalue weighted by atomic mass is 10.1. The third kappa shape index (κ3) is 2.05. The van der Waals surface area contributed by atoms with Crippen molar-refractivity contribution < 1.29 is 13.2 Å². The molecule has 0 aromatic rings. The molecule has 1 heterocycles. The van der Waals surface area contributed by atoms with Crippen molar-refractivity contribution in [3.05, 3.63) is 0 Å². The predicted molar refractivity (Wildman–Crippen MR) is 44.7 cm³/mol. The number of rotatable bonds is 2. The Morgan fingerprint density at radius 2 is 2.00 bits per heavy atom. The predicted octanol–water partition coefficient (Wildman–Crippen LogP) is -0.820. The summed E-state index contributed by atoms with van der Waals surface area (Å²) in [4.78, 5) is 0. The first-order chi connectivity index (χ1) is 4.54. The fourth-order valence-corrected chi connectivity index (χ4v) is 3.07. The first-order valence-electron chi connectivity index (χ1n) is 2.99. The van der Waals surface area contributed by atoms with Gasteiger partial charge in [0.05, 0.1) is 11.5 Å². The normalized spacial score (nSPS) is 24.9. The third-order valence-corrected chi connectivity index (χ3v) is 3.70. The summed E-state index contributed by atoms with van der Waals surface area (Å²) in [5, 5.41) is 0. The van der Waals surface area contributed by atoms with E-state index in [4.69, 9.17) is 10.5 Å². The number of hydrogen-bond acceptors (Lipinski definition) is 4. The molecule has 0 unspecified atom stereocenters. The molecule has 1 saturated heterocycles. The van der Waals surface area contributed by atoms with Gasteiger partial charge in [0, 0.05) is 13.7 Å². The smallest absolute Gasteiger partial charge is 0.156 e. The molecule has 0 aliphatic carbocycles. The Morgan fingerprint density at radius 1 is 1.55 bits per heavy atom. The van der Waals surface area contributed by atoms with E-state index >= 15 is 0 Å². The van der Waals surface area contributed by atoms with Crippen LogP contribution in [0.2, 0.25) is 0 Å². The maximum Gasteiger partial charge on any atom is 0.156 e. The molecule has 0 atom stereocenters. The average molecular weight is 202 g/mol. The highest BCUT2D eigenvalue weighted by Crippen LogP contribution is 2.25. The van der Waals surface area contributed by atoms with Crippen molar-refractivity contribution in [2.24, 2.45) is 5.73 Å². The summed E-state index contributed by atoms with van der Waals surface area (Å²) < 4.78 is 26.3. The highest BCUT2D eigenvalue weighted by Gasteiger charge is 2.47. The van der Waals surface area contributed by atoms with Crippen LogP contribution in [0.4, 0.5) is 0 Å². The second-order valence-corrected chi connectivity index (χ2v) is 4.69. The van der Waals surface area contributed by atoms with E-state index < -0.39 is 15.4 Å². The van der Waals surface area contributed by atoms with E-state index in [9.17, 15) is 8.42 Å². The summed E-state index contributed by atoms with van der Waals surface area (Å²) in [6.07, 6.45) is 0. The Labute approximate surface area is 72.4 Å². The summed E-state index contributed by atoms with van der Waals surface area (Å²) in [6.45, 7) is 0.280. The van der Waals surface area contributed by atoms with Gasteiger partial charge in [-0.3, -0.25) is 0 Å². The summed E-state index contributed by atoms with van der Waals surface area (Å²) in [5.74, 6) is 0.153. The Morgan fingerprint density at radius 3 is 2.09 bits per heavy atom. The molecule has 0 saturated carbocycles. The van der Waals surface area contributed by atoms with Crippen molar-refractivity contribution in [1.82, 2.24) is 0 Å². The summed E-state index contributed by atoms with van der Waals surface area (Å²) >= 11 is 0. The molecule has 6 heteroatoms. The monoisotopic (exact) mass is 201 g/mol. The van der Waals surface area contributed by atoms with E-state index in [1.807, 2.05) is 0 Å². The van der Waals surface area contributed by atoms with Crippen molar-refractivity contribution in [3.8, 4) is 0 Å². The van der Waals surface area contributed by atoms with Crippen LogP contribution in [0.15, 0.2) is 0 Å². The lowest BCUT2D eigenvalue weighted by Crippen LogP contribution is -2.60. The molecule has 1 fully saturated rings. The zero-order valence-corrected chi connectivity index (χ0v) is 7.87. The molecule has 0 spiro atoms. The molecule has 68 valence electrons. The molecule has 1 rings (SSSR count). The molecular formula is C5H12ClNO3S. The second kappa shape index (κ2) is 3.26. The van der Waals surface area contributed by atoms with Gasteiger partial charge in [-0.2, -0.15) is 0 Å². The van der Waals surface area contributed by atoms with E-state index in [2.05, 4.69) is 0 Å². The molecule has 0 amide bonds. The standard InChI is InChI=1S/C5H11NO3S.ClH/c1-9-5(2-6)3-10(7,8)4-5;/h2-4,6H2,1H3;1H. The minimum absolute atomic E-state index is 0. The fraction of sp³-hybridized carbons (Fsp3) is 1.00. The fourth-order valence-electron chi connectivity index (χ4n) is 1.08. The van der Waals surface area contributed by atoms with Crippen molar-refractivity contribution in [2.45, 2.75) is 5.60 Å². The molecule has 2 N–H and O–H groups in total. The lowest BCUT2D eigenvalue weighted by molar-refractivity contribution is 0.0238. The number of halogens is 1. The van der Waals surface area contributed by atoms with Crippen molar-refractivity contribution >= 4 is 22.2 Å². The Bertz CT molecular complexity index is 208. The molecule has 11 heavy (non-hydrogen) atoms. The van der Waals surface area contributed by atoms with E-state index in [1.165, 1.54) is 7.11 Å². The first kappa shape index (κ1) is 11.2. The Balaban J connectivity index is 0.000001000. The minimum atomic E-state index is -2.82. The maximum atomic E-state index is 10.7. The Hall–Kier alpha value is 0.160. The van der Waals surface area contributed by atoms with Gasteiger partial charge in [0.25, 0.3) is 0 Å². The van der Waals surface area contributed by atoms with E-state index in [-0.39, 0.29) is 30.5 Å². The number of ether oxygens (including phenoxy) is 1. The van der Waals surface area contributed by atoms with Gasteiger partial charge in [0.15, 0.2) is 9.84 Å². The Kier molecular flexibility index (Phi) is 3.31. The van der Waals surface area contributed by atoms with Crippen LogP contribution in [-0.4, -0.2) is 39.2 Å². The summed E-state index contributed by atoms with van der Waals surface area (Å²) in [6, 6.07) is 0. The molecule has 0 aromatic carbocycles. The summed E-state index contributed by atoms with van der Waals surface area (Å²) in [5.41, 5.74) is 4.74. The molecule has 4 nitrogen and oxygen atoms in total. The topological polar surface area (TPSA) is 69.4 Å². The molecular weight excluding hydrogens is 190 g/mol. The lowest BCUT2D eigenvalue weighted by Gasteiger charge is -2.38. The van der Waals surface area contributed by atoms with Gasteiger partial charge >= 0.3 is 0 Å². The highest BCUT2D eigenvalue weighted by atomic mass is 35.5. The third-order valence-electron chi connectivity index (χ3n) is 1.77. The van der Waals surface area contributed by atoms with Crippen LogP contribution >= 0.6 is 12.4 Å². The molecule has 1 aliphatic heterocycles. The largest absolute Gasteiger partial charge is 0.375 e. The van der Waals surface area contributed by atoms with Gasteiger partial charge in [-0.1, -0.05) is 0 Å². The molecule has 1 aliphatic rings. The average Bonchev–Trinajstić information content (AvgIpc) is 1.82. The second-order valence-electron chi connectivity index (χ2n) is 2.62. The molecule has 0 aromatic heterocycles. The maximum absolute atomic E-state index is 10.7. The van der Waals surface area contributed by atoms with Crippen molar-refractivity contribution in [1.29, 1.82) is 0 Å². The van der Waals surface area contributed by atoms with E-state index in [1.54, 1.807) is 0 Å². The van der Waals surface area contributed by atoms with E-state index in [0.717, 1.165) is 0 Å². The number of hydrogen-bond donors (Lipinski definition) is 1. The zero-order valence-electron chi connectivity index (χ0n) is 6.24. The highest BCUT2D eigenvalue weighted by molar-refractivity contribution is 7.93. The van der Waals surface area contributed by atoms with Crippen LogP contribution in [0.1, 0.15) is 0 Å². The van der Waals surface area contributed by atoms with Crippen molar-refractivity contribution in [3.63, 3.8) is 0 Å². The van der Waals surface area contributed by atoms with Crippen LogP contribution in [0.5, 0.6) is 0 Å². The van der Waals surface area contributed by atoms with Gasteiger partial charge in [-0.25, -0.2) is 8.42 Å². The van der Waals surface area contributed by atoms with Crippen LogP contribution in [0, 0.1) is 0 Å². The van der Waals surface area contributed by atoms with Crippen LogP contribution in [0.25, 0.3) is 0 Å². The van der Waals surface area contributed by atoms with Crippen LogP contribution in [-0.2, 0) is 14.6 Å². The molecule has 0 bridgehead atoms. The van der Waals surface area contributed by atoms with Crippen molar-refractivity contribution in [2.75, 3.05) is 25.2 Å². The van der Waals surface area contributed by atoms with Gasteiger partial charge in [-0.15, -0.1) is 12.4 Å². The zero-order chi connectivity index (χ0) is 7.83. The molecule has 0 radical (unpaired) electrons.